The first-order valence-corrected chi connectivity index (χ1v) is 11.6. The summed E-state index contributed by atoms with van der Waals surface area (Å²) >= 11 is 0. The molecular formula is C27H32N6O2. The van der Waals surface area contributed by atoms with Crippen LogP contribution in [0.2, 0.25) is 0 Å². The zero-order valence-electron chi connectivity index (χ0n) is 20.6. The quantitative estimate of drug-likeness (QED) is 0.267. The van der Waals surface area contributed by atoms with E-state index in [4.69, 9.17) is 10.5 Å². The number of esters is 1. The fourth-order valence-corrected chi connectivity index (χ4v) is 4.20. The first-order chi connectivity index (χ1) is 16.8. The standard InChI is InChI=1S/C27H32N6O2/c1-17(34)35-16-27(2,3)25(29-4)26-31-15-23(33-26)21-11-7-19(8-12-21)18-5-9-20(10-6-18)22-14-30-24(13-28)32-22/h5-12,14-15,25,29H,13,16,28H2,1-4H3,(H,30,32)(H,31,33). The summed E-state index contributed by atoms with van der Waals surface area (Å²) in [5.74, 6) is 1.29. The summed E-state index contributed by atoms with van der Waals surface area (Å²) in [6, 6.07) is 16.6. The second-order valence-electron chi connectivity index (χ2n) is 9.28. The molecular weight excluding hydrogens is 440 g/mol. The molecule has 35 heavy (non-hydrogen) atoms. The number of carbonyl (C=O) groups excluding carboxylic acids is 1. The van der Waals surface area contributed by atoms with Crippen molar-refractivity contribution in [2.75, 3.05) is 13.7 Å². The Labute approximate surface area is 205 Å². The molecule has 1 atom stereocenters. The Morgan fingerprint density at radius 3 is 1.94 bits per heavy atom. The summed E-state index contributed by atoms with van der Waals surface area (Å²) in [5.41, 5.74) is 11.6. The SMILES string of the molecule is CNC(c1ncc(-c2ccc(-c3ccc(-c4cnc(CN)[nH]4)cc3)cc2)[nH]1)C(C)(C)COC(C)=O. The second-order valence-corrected chi connectivity index (χ2v) is 9.28. The maximum absolute atomic E-state index is 11.3. The van der Waals surface area contributed by atoms with Gasteiger partial charge in [-0.1, -0.05) is 62.4 Å². The molecule has 0 fully saturated rings. The van der Waals surface area contributed by atoms with Crippen molar-refractivity contribution in [2.24, 2.45) is 11.1 Å². The Balaban J connectivity index is 1.49. The Morgan fingerprint density at radius 1 is 0.943 bits per heavy atom. The van der Waals surface area contributed by atoms with Gasteiger partial charge in [-0.05, 0) is 29.3 Å². The van der Waals surface area contributed by atoms with Crippen LogP contribution in [0.1, 0.15) is 38.5 Å². The maximum atomic E-state index is 11.3. The summed E-state index contributed by atoms with van der Waals surface area (Å²) in [6.07, 6.45) is 3.64. The predicted octanol–water partition coefficient (Wildman–Crippen LogP) is 4.44. The molecule has 0 amide bonds. The highest BCUT2D eigenvalue weighted by atomic mass is 16.5. The fourth-order valence-electron chi connectivity index (χ4n) is 4.20. The summed E-state index contributed by atoms with van der Waals surface area (Å²) < 4.78 is 5.27. The minimum Gasteiger partial charge on any atom is -0.465 e. The number of nitrogens with one attached hydrogen (secondary N) is 3. The molecule has 4 aromatic rings. The largest absolute Gasteiger partial charge is 0.465 e. The predicted molar refractivity (Wildman–Crippen MR) is 137 cm³/mol. The van der Waals surface area contributed by atoms with Crippen molar-refractivity contribution in [1.82, 2.24) is 25.3 Å². The Kier molecular flexibility index (Phi) is 7.14. The molecule has 0 aliphatic rings. The number of hydrogen-bond acceptors (Lipinski definition) is 6. The van der Waals surface area contributed by atoms with E-state index >= 15 is 0 Å². The summed E-state index contributed by atoms with van der Waals surface area (Å²) in [7, 11) is 1.88. The van der Waals surface area contributed by atoms with E-state index < -0.39 is 0 Å². The van der Waals surface area contributed by atoms with E-state index in [2.05, 4.69) is 73.8 Å². The fraction of sp³-hybridized carbons (Fsp3) is 0.296. The molecule has 0 spiro atoms. The van der Waals surface area contributed by atoms with Crippen molar-refractivity contribution < 1.29 is 9.53 Å². The number of benzene rings is 2. The molecule has 8 nitrogen and oxygen atoms in total. The molecule has 0 saturated carbocycles. The van der Waals surface area contributed by atoms with E-state index in [1.165, 1.54) is 6.92 Å². The van der Waals surface area contributed by atoms with Gasteiger partial charge >= 0.3 is 5.97 Å². The highest BCUT2D eigenvalue weighted by molar-refractivity contribution is 5.71. The summed E-state index contributed by atoms with van der Waals surface area (Å²) in [5, 5.41) is 3.30. The number of carbonyl (C=O) groups is 1. The van der Waals surface area contributed by atoms with Gasteiger partial charge in [0.2, 0.25) is 0 Å². The maximum Gasteiger partial charge on any atom is 0.302 e. The first-order valence-electron chi connectivity index (χ1n) is 11.6. The Bertz CT molecular complexity index is 1270. The summed E-state index contributed by atoms with van der Waals surface area (Å²) in [6.45, 7) is 6.20. The van der Waals surface area contributed by atoms with Crippen LogP contribution < -0.4 is 11.1 Å². The van der Waals surface area contributed by atoms with Crippen LogP contribution in [0.5, 0.6) is 0 Å². The molecule has 0 aliphatic heterocycles. The van der Waals surface area contributed by atoms with Gasteiger partial charge in [-0.3, -0.25) is 4.79 Å². The van der Waals surface area contributed by atoms with Gasteiger partial charge in [-0.2, -0.15) is 0 Å². The number of ether oxygens (including phenoxy) is 1. The molecule has 0 aliphatic carbocycles. The zero-order chi connectivity index (χ0) is 25.0. The molecule has 4 rings (SSSR count). The molecule has 0 radical (unpaired) electrons. The van der Waals surface area contributed by atoms with Gasteiger partial charge in [0.1, 0.15) is 11.6 Å². The topological polar surface area (TPSA) is 122 Å². The van der Waals surface area contributed by atoms with Crippen LogP contribution >= 0.6 is 0 Å². The Hall–Kier alpha value is -3.75. The van der Waals surface area contributed by atoms with Crippen molar-refractivity contribution >= 4 is 5.97 Å². The number of nitrogens with zero attached hydrogens (tertiary/aromatic N) is 2. The van der Waals surface area contributed by atoms with Crippen LogP contribution in [0.4, 0.5) is 0 Å². The lowest BCUT2D eigenvalue weighted by Crippen LogP contribution is -2.37. The summed E-state index contributed by atoms with van der Waals surface area (Å²) in [4.78, 5) is 26.8. The van der Waals surface area contributed by atoms with Crippen LogP contribution in [-0.4, -0.2) is 39.6 Å². The monoisotopic (exact) mass is 472 g/mol. The number of H-pyrrole nitrogens is 2. The van der Waals surface area contributed by atoms with Gasteiger partial charge in [0.25, 0.3) is 0 Å². The number of nitrogens with two attached hydrogens (primary N) is 1. The van der Waals surface area contributed by atoms with Crippen LogP contribution in [0, 0.1) is 5.41 Å². The van der Waals surface area contributed by atoms with Gasteiger partial charge < -0.3 is 25.8 Å². The molecule has 5 N–H and O–H groups in total. The van der Waals surface area contributed by atoms with Gasteiger partial charge in [-0.25, -0.2) is 9.97 Å². The Morgan fingerprint density at radius 2 is 1.46 bits per heavy atom. The lowest BCUT2D eigenvalue weighted by Gasteiger charge is -2.32. The van der Waals surface area contributed by atoms with Gasteiger partial charge in [0.05, 0.1) is 43.0 Å². The van der Waals surface area contributed by atoms with Gasteiger partial charge in [0.15, 0.2) is 0 Å². The van der Waals surface area contributed by atoms with Gasteiger partial charge in [-0.15, -0.1) is 0 Å². The number of rotatable bonds is 9. The third kappa shape index (κ3) is 5.50. The third-order valence-electron chi connectivity index (χ3n) is 6.13. The second kappa shape index (κ2) is 10.2. The van der Waals surface area contributed by atoms with E-state index in [1.807, 2.05) is 27.1 Å². The molecule has 1 unspecified atom stereocenters. The van der Waals surface area contributed by atoms with E-state index in [1.54, 1.807) is 6.20 Å². The lowest BCUT2D eigenvalue weighted by atomic mass is 9.85. The molecule has 2 aromatic carbocycles. The smallest absolute Gasteiger partial charge is 0.302 e. The van der Waals surface area contributed by atoms with Gasteiger partial charge in [0, 0.05) is 12.3 Å². The molecule has 0 bridgehead atoms. The minimum atomic E-state index is -0.340. The van der Waals surface area contributed by atoms with E-state index in [9.17, 15) is 4.79 Å². The first kappa shape index (κ1) is 24.4. The highest BCUT2D eigenvalue weighted by Crippen LogP contribution is 2.33. The number of hydrogen-bond donors (Lipinski definition) is 4. The molecule has 0 saturated heterocycles. The van der Waals surface area contributed by atoms with Crippen molar-refractivity contribution in [1.29, 1.82) is 0 Å². The minimum absolute atomic E-state index is 0.107. The average molecular weight is 473 g/mol. The van der Waals surface area contributed by atoms with E-state index in [0.717, 1.165) is 45.3 Å². The molecule has 8 heteroatoms. The zero-order valence-corrected chi connectivity index (χ0v) is 20.6. The van der Waals surface area contributed by atoms with Crippen LogP contribution in [0.3, 0.4) is 0 Å². The van der Waals surface area contributed by atoms with Crippen molar-refractivity contribution in [2.45, 2.75) is 33.4 Å². The van der Waals surface area contributed by atoms with E-state index in [-0.39, 0.29) is 17.4 Å². The van der Waals surface area contributed by atoms with Crippen LogP contribution in [0.25, 0.3) is 33.6 Å². The number of aromatic amines is 2. The van der Waals surface area contributed by atoms with Crippen molar-refractivity contribution in [3.63, 3.8) is 0 Å². The number of imidazole rings is 2. The third-order valence-corrected chi connectivity index (χ3v) is 6.13. The number of aromatic nitrogens is 4. The van der Waals surface area contributed by atoms with Crippen molar-refractivity contribution in [3.05, 3.63) is 72.6 Å². The normalized spacial score (nSPS) is 12.5. The molecule has 182 valence electrons. The van der Waals surface area contributed by atoms with Crippen LogP contribution in [-0.2, 0) is 16.1 Å². The lowest BCUT2D eigenvalue weighted by molar-refractivity contribution is -0.144. The van der Waals surface area contributed by atoms with E-state index in [0.29, 0.717) is 13.2 Å². The van der Waals surface area contributed by atoms with Crippen molar-refractivity contribution in [3.8, 4) is 33.6 Å². The molecule has 2 heterocycles. The highest BCUT2D eigenvalue weighted by Gasteiger charge is 2.33. The van der Waals surface area contributed by atoms with Crippen LogP contribution in [0.15, 0.2) is 60.9 Å². The molecule has 2 aromatic heterocycles. The average Bonchev–Trinajstić information content (AvgIpc) is 3.54.